The van der Waals surface area contributed by atoms with E-state index in [1.807, 2.05) is 19.2 Å². The number of anilines is 1. The lowest BCUT2D eigenvalue weighted by Crippen LogP contribution is -2.54. The number of carbonyl (C=O) groups is 3. The molecule has 1 saturated heterocycles. The molecule has 4 amide bonds. The molecule has 7 nitrogen and oxygen atoms in total. The van der Waals surface area contributed by atoms with E-state index in [1.165, 1.54) is 11.3 Å². The molecule has 2 atom stereocenters. The maximum absolute atomic E-state index is 13.1. The molecule has 2 unspecified atom stereocenters. The topological polar surface area (TPSA) is 91.4 Å². The minimum Gasteiger partial charge on any atom is -0.323 e. The summed E-state index contributed by atoms with van der Waals surface area (Å²) in [5.74, 6) is -0.0986. The molecule has 1 aromatic heterocycles. The van der Waals surface area contributed by atoms with Crippen molar-refractivity contribution in [2.24, 2.45) is 11.3 Å². The molecule has 0 aromatic carbocycles. The first-order valence-corrected chi connectivity index (χ1v) is 10.3. The number of hydrogen-bond donors (Lipinski definition) is 2. The lowest BCUT2D eigenvalue weighted by atomic mass is 9.64. The number of carbonyl (C=O) groups excluding carboxylic acids is 3. The van der Waals surface area contributed by atoms with Crippen LogP contribution in [-0.4, -0.2) is 39.8 Å². The van der Waals surface area contributed by atoms with Gasteiger partial charge in [-0.1, -0.05) is 34.6 Å². The zero-order valence-electron chi connectivity index (χ0n) is 16.6. The fraction of sp³-hybridized carbons (Fsp3) is 0.684. The molecule has 1 aromatic rings. The van der Waals surface area contributed by atoms with Crippen molar-refractivity contribution in [3.05, 3.63) is 11.1 Å². The molecule has 0 bridgehead atoms. The predicted octanol–water partition coefficient (Wildman–Crippen LogP) is 3.34. The Labute approximate surface area is 163 Å². The molecule has 2 N–H and O–H groups in total. The van der Waals surface area contributed by atoms with Crippen LogP contribution in [0, 0.1) is 11.3 Å². The molecule has 8 heteroatoms. The van der Waals surface area contributed by atoms with Crippen LogP contribution in [0.1, 0.15) is 65.5 Å². The Morgan fingerprint density at radius 3 is 2.70 bits per heavy atom. The van der Waals surface area contributed by atoms with Crippen LogP contribution in [0.4, 0.5) is 9.93 Å². The molecule has 3 rings (SSSR count). The molecule has 2 fully saturated rings. The molecule has 1 saturated carbocycles. The molecular formula is C19H28N4O3S. The summed E-state index contributed by atoms with van der Waals surface area (Å²) in [4.78, 5) is 43.3. The third-order valence-electron chi connectivity index (χ3n) is 5.29. The van der Waals surface area contributed by atoms with E-state index < -0.39 is 17.5 Å². The van der Waals surface area contributed by atoms with Crippen molar-refractivity contribution < 1.29 is 14.4 Å². The van der Waals surface area contributed by atoms with Crippen LogP contribution in [0.3, 0.4) is 0 Å². The second-order valence-electron chi connectivity index (χ2n) is 9.04. The summed E-state index contributed by atoms with van der Waals surface area (Å²) in [5, 5.41) is 7.97. The number of nitrogens with one attached hydrogen (secondary N) is 2. The number of thiazole rings is 1. The summed E-state index contributed by atoms with van der Waals surface area (Å²) < 4.78 is 0. The maximum atomic E-state index is 13.1. The number of amides is 4. The number of aromatic nitrogens is 1. The van der Waals surface area contributed by atoms with Gasteiger partial charge in [-0.05, 0) is 36.5 Å². The monoisotopic (exact) mass is 392 g/mol. The van der Waals surface area contributed by atoms with Crippen LogP contribution in [0.2, 0.25) is 0 Å². The minimum atomic E-state index is -0.884. The van der Waals surface area contributed by atoms with Crippen LogP contribution in [0.15, 0.2) is 5.38 Å². The van der Waals surface area contributed by atoms with E-state index >= 15 is 0 Å². The van der Waals surface area contributed by atoms with Gasteiger partial charge < -0.3 is 10.6 Å². The number of nitrogens with zero attached hydrogens (tertiary/aromatic N) is 2. The Hall–Kier alpha value is -1.96. The van der Waals surface area contributed by atoms with E-state index in [1.54, 1.807) is 0 Å². The first-order valence-electron chi connectivity index (χ1n) is 9.41. The minimum absolute atomic E-state index is 0.0347. The van der Waals surface area contributed by atoms with E-state index in [0.717, 1.165) is 17.0 Å². The predicted molar refractivity (Wildman–Crippen MR) is 105 cm³/mol. The summed E-state index contributed by atoms with van der Waals surface area (Å²) in [6, 6.07) is -0.484. The molecule has 0 radical (unpaired) electrons. The summed E-state index contributed by atoms with van der Waals surface area (Å²) in [7, 11) is 0. The maximum Gasteiger partial charge on any atom is 0.325 e. The van der Waals surface area contributed by atoms with Gasteiger partial charge in [0, 0.05) is 5.38 Å². The molecule has 2 heterocycles. The Morgan fingerprint density at radius 1 is 1.41 bits per heavy atom. The van der Waals surface area contributed by atoms with E-state index in [9.17, 15) is 14.4 Å². The van der Waals surface area contributed by atoms with E-state index in [2.05, 4.69) is 36.4 Å². The Bertz CT molecular complexity index is 773. The summed E-state index contributed by atoms with van der Waals surface area (Å²) in [6.07, 6.45) is 2.22. The van der Waals surface area contributed by atoms with Crippen molar-refractivity contribution in [2.75, 3.05) is 11.9 Å². The Morgan fingerprint density at radius 2 is 2.11 bits per heavy atom. The van der Waals surface area contributed by atoms with E-state index in [0.29, 0.717) is 23.9 Å². The lowest BCUT2D eigenvalue weighted by molar-refractivity contribution is -0.136. The highest BCUT2D eigenvalue weighted by Gasteiger charge is 2.56. The number of imide groups is 1. The molecular weight excluding hydrogens is 364 g/mol. The van der Waals surface area contributed by atoms with Gasteiger partial charge in [-0.25, -0.2) is 9.78 Å². The van der Waals surface area contributed by atoms with Gasteiger partial charge in [0.15, 0.2) is 5.13 Å². The summed E-state index contributed by atoms with van der Waals surface area (Å²) >= 11 is 1.34. The molecule has 1 aliphatic heterocycles. The van der Waals surface area contributed by atoms with Gasteiger partial charge in [0.1, 0.15) is 12.1 Å². The van der Waals surface area contributed by atoms with Gasteiger partial charge in [-0.15, -0.1) is 11.3 Å². The van der Waals surface area contributed by atoms with Crippen LogP contribution in [0.25, 0.3) is 0 Å². The molecule has 1 aliphatic carbocycles. The lowest BCUT2D eigenvalue weighted by Gasteiger charge is -2.43. The van der Waals surface area contributed by atoms with E-state index in [-0.39, 0.29) is 23.8 Å². The first-order chi connectivity index (χ1) is 12.5. The largest absolute Gasteiger partial charge is 0.325 e. The van der Waals surface area contributed by atoms with Gasteiger partial charge in [0.2, 0.25) is 5.91 Å². The number of rotatable bonds is 4. The van der Waals surface area contributed by atoms with Crippen molar-refractivity contribution in [2.45, 2.75) is 65.3 Å². The highest BCUT2D eigenvalue weighted by atomic mass is 32.1. The van der Waals surface area contributed by atoms with Crippen LogP contribution in [-0.2, 0) is 9.59 Å². The molecule has 148 valence electrons. The third kappa shape index (κ3) is 4.00. The smallest absolute Gasteiger partial charge is 0.323 e. The SMILES string of the molecule is CC1CC(C)(C)CC2(C1)NC(=O)N(CC(=O)Nc1nc(C(C)C)cs1)C2=O. The third-order valence-corrected chi connectivity index (χ3v) is 6.06. The van der Waals surface area contributed by atoms with Gasteiger partial charge in [0.25, 0.3) is 5.91 Å². The average Bonchev–Trinajstić information content (AvgIpc) is 3.05. The second kappa shape index (κ2) is 6.89. The standard InChI is InChI=1S/C19H28N4O3S/c1-11(2)13-9-27-16(20-13)21-14(24)8-23-15(25)19(22-17(23)26)7-12(3)6-18(4,5)10-19/h9,11-12H,6-8,10H2,1-5H3,(H,22,26)(H,20,21,24). The van der Waals surface area contributed by atoms with Crippen LogP contribution < -0.4 is 10.6 Å². The molecule has 1 spiro atoms. The average molecular weight is 393 g/mol. The van der Waals surface area contributed by atoms with E-state index in [4.69, 9.17) is 0 Å². The van der Waals surface area contributed by atoms with Gasteiger partial charge in [0.05, 0.1) is 5.69 Å². The highest BCUT2D eigenvalue weighted by Crippen LogP contribution is 2.46. The quantitative estimate of drug-likeness (QED) is 0.769. The number of hydrogen-bond acceptors (Lipinski definition) is 5. The first kappa shape index (κ1) is 19.8. The van der Waals surface area contributed by atoms with Crippen LogP contribution >= 0.6 is 11.3 Å². The van der Waals surface area contributed by atoms with Gasteiger partial charge in [-0.3, -0.25) is 14.5 Å². The van der Waals surface area contributed by atoms with Gasteiger partial charge >= 0.3 is 6.03 Å². The zero-order valence-corrected chi connectivity index (χ0v) is 17.4. The fourth-order valence-electron chi connectivity index (χ4n) is 4.56. The van der Waals surface area contributed by atoms with Gasteiger partial charge in [-0.2, -0.15) is 0 Å². The Balaban J connectivity index is 1.69. The van der Waals surface area contributed by atoms with Crippen molar-refractivity contribution in [1.29, 1.82) is 0 Å². The Kier molecular flexibility index (Phi) is 5.05. The number of urea groups is 1. The van der Waals surface area contributed by atoms with Crippen LogP contribution in [0.5, 0.6) is 0 Å². The van der Waals surface area contributed by atoms with Crippen molar-refractivity contribution in [3.8, 4) is 0 Å². The normalized spacial score (nSPS) is 27.3. The summed E-state index contributed by atoms with van der Waals surface area (Å²) in [5.41, 5.74) is -0.0139. The zero-order chi connectivity index (χ0) is 20.0. The fourth-order valence-corrected chi connectivity index (χ4v) is 5.45. The molecule has 2 aliphatic rings. The highest BCUT2D eigenvalue weighted by molar-refractivity contribution is 7.13. The van der Waals surface area contributed by atoms with Crippen molar-refractivity contribution in [3.63, 3.8) is 0 Å². The second-order valence-corrected chi connectivity index (χ2v) is 9.90. The van der Waals surface area contributed by atoms with Crippen molar-refractivity contribution in [1.82, 2.24) is 15.2 Å². The summed E-state index contributed by atoms with van der Waals surface area (Å²) in [6.45, 7) is 10.1. The molecule has 27 heavy (non-hydrogen) atoms. The van der Waals surface area contributed by atoms with Crippen molar-refractivity contribution >= 4 is 34.3 Å².